The van der Waals surface area contributed by atoms with E-state index in [1.165, 1.54) is 5.56 Å². The molecule has 2 rings (SSSR count). The van der Waals surface area contributed by atoms with Crippen molar-refractivity contribution in [3.63, 3.8) is 0 Å². The van der Waals surface area contributed by atoms with Gasteiger partial charge in [0.15, 0.2) is 0 Å². The van der Waals surface area contributed by atoms with Crippen LogP contribution in [0.3, 0.4) is 0 Å². The molecule has 25 heavy (non-hydrogen) atoms. The van der Waals surface area contributed by atoms with Crippen LogP contribution in [0.1, 0.15) is 44.7 Å². The van der Waals surface area contributed by atoms with Crippen molar-refractivity contribution in [3.8, 4) is 0 Å². The van der Waals surface area contributed by atoms with Crippen LogP contribution < -0.4 is 10.2 Å². The van der Waals surface area contributed by atoms with Gasteiger partial charge in [0.1, 0.15) is 5.92 Å². The first-order chi connectivity index (χ1) is 11.6. The van der Waals surface area contributed by atoms with Gasteiger partial charge in [-0.05, 0) is 62.3 Å². The van der Waals surface area contributed by atoms with E-state index in [-0.39, 0.29) is 17.2 Å². The fraction of sp³-hybridized carbons (Fsp3) is 0.600. The van der Waals surface area contributed by atoms with E-state index in [1.54, 1.807) is 11.8 Å². The van der Waals surface area contributed by atoms with Crippen LogP contribution in [0.15, 0.2) is 18.2 Å². The van der Waals surface area contributed by atoms with Crippen LogP contribution in [-0.2, 0) is 9.59 Å². The number of amides is 2. The number of aliphatic hydroxyl groups is 1. The Morgan fingerprint density at radius 2 is 2.04 bits per heavy atom. The van der Waals surface area contributed by atoms with E-state index in [0.717, 1.165) is 11.3 Å². The maximum Gasteiger partial charge on any atom is 0.239 e. The number of nitrogens with one attached hydrogen (secondary N) is 1. The van der Waals surface area contributed by atoms with Crippen LogP contribution in [0.25, 0.3) is 0 Å². The van der Waals surface area contributed by atoms with Gasteiger partial charge in [-0.15, -0.1) is 0 Å². The summed E-state index contributed by atoms with van der Waals surface area (Å²) in [6.07, 6.45) is 0.718. The number of anilines is 1. The predicted octanol–water partition coefficient (Wildman–Crippen LogP) is 2.57. The van der Waals surface area contributed by atoms with Crippen LogP contribution in [0, 0.1) is 25.2 Å². The Balaban J connectivity index is 1.99. The Bertz CT molecular complexity index is 652. The molecule has 0 aliphatic carbocycles. The Kier molecular flexibility index (Phi) is 5.88. The van der Waals surface area contributed by atoms with Crippen molar-refractivity contribution in [2.24, 2.45) is 11.3 Å². The van der Waals surface area contributed by atoms with Gasteiger partial charge < -0.3 is 15.3 Å². The lowest BCUT2D eigenvalue weighted by molar-refractivity contribution is -0.132. The minimum Gasteiger partial charge on any atom is -0.393 e. The number of carbonyl (C=O) groups is 2. The lowest BCUT2D eigenvalue weighted by Crippen LogP contribution is -2.41. The molecule has 138 valence electrons. The highest BCUT2D eigenvalue weighted by Gasteiger charge is 2.38. The summed E-state index contributed by atoms with van der Waals surface area (Å²) >= 11 is 0. The van der Waals surface area contributed by atoms with Gasteiger partial charge >= 0.3 is 0 Å². The summed E-state index contributed by atoms with van der Waals surface area (Å²) in [7, 11) is 0. The molecular weight excluding hydrogens is 316 g/mol. The van der Waals surface area contributed by atoms with E-state index in [4.69, 9.17) is 0 Å². The monoisotopic (exact) mass is 346 g/mol. The molecule has 0 aromatic heterocycles. The Morgan fingerprint density at radius 1 is 1.36 bits per heavy atom. The van der Waals surface area contributed by atoms with Crippen molar-refractivity contribution < 1.29 is 14.7 Å². The molecule has 1 fully saturated rings. The molecule has 1 aliphatic heterocycles. The molecule has 1 saturated heterocycles. The van der Waals surface area contributed by atoms with Crippen molar-refractivity contribution in [2.45, 2.75) is 53.6 Å². The number of hydrogen-bond donors (Lipinski definition) is 2. The molecule has 1 aliphatic rings. The van der Waals surface area contributed by atoms with Gasteiger partial charge in [0.25, 0.3) is 0 Å². The normalized spacial score (nSPS) is 19.2. The number of rotatable bonds is 6. The molecule has 5 nitrogen and oxygen atoms in total. The Morgan fingerprint density at radius 3 is 2.64 bits per heavy atom. The second kappa shape index (κ2) is 7.56. The molecular formula is C20H30N2O3. The summed E-state index contributed by atoms with van der Waals surface area (Å²) in [6.45, 7) is 10.8. The third kappa shape index (κ3) is 4.82. The molecule has 0 bridgehead atoms. The fourth-order valence-corrected chi connectivity index (χ4v) is 3.39. The van der Waals surface area contributed by atoms with Crippen LogP contribution in [0.4, 0.5) is 5.69 Å². The van der Waals surface area contributed by atoms with E-state index in [1.807, 2.05) is 45.9 Å². The third-order valence-electron chi connectivity index (χ3n) is 4.91. The molecule has 2 N–H and O–H groups in total. The summed E-state index contributed by atoms with van der Waals surface area (Å²) in [4.78, 5) is 26.8. The number of carbonyl (C=O) groups excluding carboxylic acids is 2. The summed E-state index contributed by atoms with van der Waals surface area (Å²) in [6, 6.07) is 5.94. The number of hydrogen-bond acceptors (Lipinski definition) is 3. The average Bonchev–Trinajstić information content (AvgIpc) is 2.88. The van der Waals surface area contributed by atoms with Gasteiger partial charge in [-0.2, -0.15) is 0 Å². The molecule has 5 heteroatoms. The maximum atomic E-state index is 12.7. The summed E-state index contributed by atoms with van der Waals surface area (Å²) in [5, 5.41) is 12.4. The number of aliphatic hydroxyl groups excluding tert-OH is 1. The van der Waals surface area contributed by atoms with Crippen LogP contribution in [-0.4, -0.2) is 36.1 Å². The van der Waals surface area contributed by atoms with Crippen LogP contribution in [0.2, 0.25) is 0 Å². The van der Waals surface area contributed by atoms with Crippen molar-refractivity contribution >= 4 is 17.5 Å². The van der Waals surface area contributed by atoms with Crippen molar-refractivity contribution in [1.82, 2.24) is 5.32 Å². The van der Waals surface area contributed by atoms with Crippen molar-refractivity contribution in [2.75, 3.05) is 18.0 Å². The molecule has 2 atom stereocenters. The summed E-state index contributed by atoms with van der Waals surface area (Å²) in [5.74, 6) is -0.965. The molecule has 1 aromatic carbocycles. The number of nitrogens with zero attached hydrogens (tertiary/aromatic N) is 1. The highest BCUT2D eigenvalue weighted by Crippen LogP contribution is 2.27. The van der Waals surface area contributed by atoms with E-state index >= 15 is 0 Å². The standard InChI is InChI=1S/C20H30N2O3/c1-13-6-7-16(10-14(13)2)22-9-8-17(19(22)25)18(24)21-12-20(4,5)11-15(3)23/h6-7,10,15,17,23H,8-9,11-12H2,1-5H3,(H,21,24). The van der Waals surface area contributed by atoms with E-state index in [9.17, 15) is 14.7 Å². The van der Waals surface area contributed by atoms with Gasteiger partial charge in [0.05, 0.1) is 6.10 Å². The maximum absolute atomic E-state index is 12.7. The van der Waals surface area contributed by atoms with E-state index in [0.29, 0.717) is 25.9 Å². The van der Waals surface area contributed by atoms with Gasteiger partial charge in [-0.3, -0.25) is 9.59 Å². The van der Waals surface area contributed by atoms with Gasteiger partial charge in [-0.25, -0.2) is 0 Å². The Hall–Kier alpha value is -1.88. The highest BCUT2D eigenvalue weighted by atomic mass is 16.3. The van der Waals surface area contributed by atoms with Gasteiger partial charge in [-0.1, -0.05) is 19.9 Å². The predicted molar refractivity (Wildman–Crippen MR) is 99.5 cm³/mol. The first kappa shape index (κ1) is 19.4. The zero-order valence-corrected chi connectivity index (χ0v) is 15.9. The summed E-state index contributed by atoms with van der Waals surface area (Å²) < 4.78 is 0. The van der Waals surface area contributed by atoms with E-state index in [2.05, 4.69) is 5.32 Å². The smallest absolute Gasteiger partial charge is 0.239 e. The first-order valence-electron chi connectivity index (χ1n) is 8.95. The zero-order valence-electron chi connectivity index (χ0n) is 15.9. The first-order valence-corrected chi connectivity index (χ1v) is 8.95. The molecule has 2 unspecified atom stereocenters. The second-order valence-electron chi connectivity index (χ2n) is 8.03. The number of benzene rings is 1. The third-order valence-corrected chi connectivity index (χ3v) is 4.91. The molecule has 1 aromatic rings. The lowest BCUT2D eigenvalue weighted by Gasteiger charge is -2.27. The van der Waals surface area contributed by atoms with Crippen LogP contribution >= 0.6 is 0 Å². The average molecular weight is 346 g/mol. The van der Waals surface area contributed by atoms with Gasteiger partial charge in [0.2, 0.25) is 11.8 Å². The minimum atomic E-state index is -0.621. The molecule has 0 saturated carbocycles. The molecule has 0 radical (unpaired) electrons. The summed E-state index contributed by atoms with van der Waals surface area (Å²) in [5.41, 5.74) is 2.97. The topological polar surface area (TPSA) is 69.6 Å². The largest absolute Gasteiger partial charge is 0.393 e. The quantitative estimate of drug-likeness (QED) is 0.778. The fourth-order valence-electron chi connectivity index (χ4n) is 3.39. The molecule has 1 heterocycles. The van der Waals surface area contributed by atoms with E-state index < -0.39 is 12.0 Å². The molecule has 2 amide bonds. The van der Waals surface area contributed by atoms with Crippen molar-refractivity contribution in [1.29, 1.82) is 0 Å². The SMILES string of the molecule is Cc1ccc(N2CCC(C(=O)NCC(C)(C)CC(C)O)C2=O)cc1C. The highest BCUT2D eigenvalue weighted by molar-refractivity contribution is 6.09. The zero-order chi connectivity index (χ0) is 18.8. The Labute approximate surface area is 150 Å². The minimum absolute atomic E-state index is 0.130. The molecule has 0 spiro atoms. The van der Waals surface area contributed by atoms with Crippen LogP contribution in [0.5, 0.6) is 0 Å². The van der Waals surface area contributed by atoms with Gasteiger partial charge in [0, 0.05) is 18.8 Å². The lowest BCUT2D eigenvalue weighted by atomic mass is 9.87. The second-order valence-corrected chi connectivity index (χ2v) is 8.03. The van der Waals surface area contributed by atoms with Crippen molar-refractivity contribution in [3.05, 3.63) is 29.3 Å². The number of aryl methyl sites for hydroxylation is 2.